The number of carbonyl (C=O) groups is 1. The number of aryl methyl sites for hydroxylation is 1. The third-order valence-electron chi connectivity index (χ3n) is 3.84. The van der Waals surface area contributed by atoms with Crippen molar-refractivity contribution >= 4 is 23.6 Å². The number of hydrogen-bond donors (Lipinski definition) is 1. The van der Waals surface area contributed by atoms with Crippen molar-refractivity contribution in [2.24, 2.45) is 0 Å². The van der Waals surface area contributed by atoms with Crippen molar-refractivity contribution in [2.75, 3.05) is 32.4 Å². The summed E-state index contributed by atoms with van der Waals surface area (Å²) in [4.78, 5) is 12.0. The van der Waals surface area contributed by atoms with Crippen LogP contribution in [0.25, 0.3) is 11.3 Å². The van der Waals surface area contributed by atoms with Crippen molar-refractivity contribution < 1.29 is 23.5 Å². The molecule has 0 aliphatic carbocycles. The molecular formula is C19H20N4O5S. The second-order valence-electron chi connectivity index (χ2n) is 5.84. The van der Waals surface area contributed by atoms with Gasteiger partial charge in [0.1, 0.15) is 5.03 Å². The first-order valence-corrected chi connectivity index (χ1v) is 9.52. The number of nitrogens with zero attached hydrogens (tertiary/aromatic N) is 3. The van der Waals surface area contributed by atoms with E-state index in [4.69, 9.17) is 18.7 Å². The number of thioether (sulfide) groups is 1. The number of methoxy groups -OCH3 is 3. The molecule has 0 unspecified atom stereocenters. The highest BCUT2D eigenvalue weighted by atomic mass is 32.2. The molecule has 0 spiro atoms. The van der Waals surface area contributed by atoms with Gasteiger partial charge >= 0.3 is 0 Å². The van der Waals surface area contributed by atoms with Crippen LogP contribution in [0.4, 0.5) is 5.88 Å². The Hall–Kier alpha value is -3.27. The van der Waals surface area contributed by atoms with Crippen LogP contribution in [0.15, 0.2) is 39.9 Å². The van der Waals surface area contributed by atoms with E-state index in [1.54, 1.807) is 52.5 Å². The maximum Gasteiger partial charge on any atom is 0.237 e. The summed E-state index contributed by atoms with van der Waals surface area (Å²) < 4.78 is 21.0. The molecule has 0 fully saturated rings. The summed E-state index contributed by atoms with van der Waals surface area (Å²) in [5, 5.41) is 15.4. The fourth-order valence-electron chi connectivity index (χ4n) is 2.52. The number of carbonyl (C=O) groups excluding carboxylic acids is 1. The predicted octanol–water partition coefficient (Wildman–Crippen LogP) is 3.20. The van der Waals surface area contributed by atoms with Crippen LogP contribution in [0, 0.1) is 6.92 Å². The lowest BCUT2D eigenvalue weighted by Crippen LogP contribution is -2.13. The van der Waals surface area contributed by atoms with Gasteiger partial charge in [-0.1, -0.05) is 16.9 Å². The third kappa shape index (κ3) is 4.96. The van der Waals surface area contributed by atoms with E-state index in [1.165, 1.54) is 11.8 Å². The maximum atomic E-state index is 12.0. The van der Waals surface area contributed by atoms with Crippen LogP contribution < -0.4 is 19.5 Å². The molecule has 0 saturated carbocycles. The molecule has 0 bridgehead atoms. The predicted molar refractivity (Wildman–Crippen MR) is 108 cm³/mol. The van der Waals surface area contributed by atoms with Crippen molar-refractivity contribution in [3.63, 3.8) is 0 Å². The monoisotopic (exact) mass is 416 g/mol. The van der Waals surface area contributed by atoms with Gasteiger partial charge in [-0.3, -0.25) is 10.1 Å². The number of rotatable bonds is 8. The van der Waals surface area contributed by atoms with Crippen LogP contribution in [0.5, 0.6) is 17.2 Å². The molecule has 0 saturated heterocycles. The van der Waals surface area contributed by atoms with E-state index in [9.17, 15) is 4.79 Å². The topological polar surface area (TPSA) is 109 Å². The third-order valence-corrected chi connectivity index (χ3v) is 4.76. The van der Waals surface area contributed by atoms with Crippen LogP contribution >= 0.6 is 11.8 Å². The first-order chi connectivity index (χ1) is 14.0. The van der Waals surface area contributed by atoms with Gasteiger partial charge in [0.15, 0.2) is 11.5 Å². The number of benzene rings is 1. The summed E-state index contributed by atoms with van der Waals surface area (Å²) in [5.41, 5.74) is 2.10. The van der Waals surface area contributed by atoms with Crippen molar-refractivity contribution in [1.82, 2.24) is 15.4 Å². The zero-order valence-electron chi connectivity index (χ0n) is 16.4. The van der Waals surface area contributed by atoms with E-state index < -0.39 is 0 Å². The minimum Gasteiger partial charge on any atom is -0.493 e. The van der Waals surface area contributed by atoms with Crippen molar-refractivity contribution in [1.29, 1.82) is 0 Å². The summed E-state index contributed by atoms with van der Waals surface area (Å²) >= 11 is 1.26. The Morgan fingerprint density at radius 3 is 2.31 bits per heavy atom. The van der Waals surface area contributed by atoms with E-state index in [-0.39, 0.29) is 11.7 Å². The lowest BCUT2D eigenvalue weighted by molar-refractivity contribution is -0.113. The molecule has 1 amide bonds. The first kappa shape index (κ1) is 20.5. The van der Waals surface area contributed by atoms with Gasteiger partial charge < -0.3 is 18.7 Å². The minimum atomic E-state index is -0.221. The Balaban J connectivity index is 1.67. The van der Waals surface area contributed by atoms with Crippen LogP contribution in [-0.4, -0.2) is 48.3 Å². The summed E-state index contributed by atoms with van der Waals surface area (Å²) in [6.45, 7) is 1.78. The maximum absolute atomic E-state index is 12.0. The molecular weight excluding hydrogens is 396 g/mol. The van der Waals surface area contributed by atoms with Gasteiger partial charge in [-0.25, -0.2) is 0 Å². The van der Waals surface area contributed by atoms with Crippen molar-refractivity contribution in [2.45, 2.75) is 11.9 Å². The Morgan fingerprint density at radius 1 is 1.07 bits per heavy atom. The molecule has 3 rings (SSSR count). The molecule has 9 nitrogen and oxygen atoms in total. The molecule has 29 heavy (non-hydrogen) atoms. The molecule has 152 valence electrons. The second-order valence-corrected chi connectivity index (χ2v) is 6.84. The largest absolute Gasteiger partial charge is 0.493 e. The number of anilines is 1. The first-order valence-electron chi connectivity index (χ1n) is 8.54. The molecule has 0 aliphatic heterocycles. The zero-order valence-corrected chi connectivity index (χ0v) is 17.2. The molecule has 1 N–H and O–H groups in total. The second kappa shape index (κ2) is 9.28. The van der Waals surface area contributed by atoms with Gasteiger partial charge in [0.05, 0.1) is 38.5 Å². The Morgan fingerprint density at radius 2 is 1.79 bits per heavy atom. The molecule has 2 heterocycles. The fourth-order valence-corrected chi connectivity index (χ4v) is 3.13. The number of aromatic nitrogens is 3. The van der Waals surface area contributed by atoms with Crippen LogP contribution in [0.1, 0.15) is 5.69 Å². The molecule has 0 aliphatic rings. The molecule has 2 aromatic heterocycles. The number of hydrogen-bond acceptors (Lipinski definition) is 9. The Kier molecular flexibility index (Phi) is 6.55. The van der Waals surface area contributed by atoms with Crippen molar-refractivity contribution in [3.05, 3.63) is 36.0 Å². The van der Waals surface area contributed by atoms with Crippen LogP contribution in [0.3, 0.4) is 0 Å². The average molecular weight is 416 g/mol. The van der Waals surface area contributed by atoms with Gasteiger partial charge in [0.2, 0.25) is 17.5 Å². The molecule has 3 aromatic rings. The van der Waals surface area contributed by atoms with E-state index in [0.29, 0.717) is 39.5 Å². The van der Waals surface area contributed by atoms with Crippen molar-refractivity contribution in [3.8, 4) is 28.5 Å². The van der Waals surface area contributed by atoms with E-state index in [2.05, 4.69) is 20.7 Å². The Labute approximate surface area is 171 Å². The number of ether oxygens (including phenoxy) is 3. The van der Waals surface area contributed by atoms with Crippen LogP contribution in [-0.2, 0) is 4.79 Å². The smallest absolute Gasteiger partial charge is 0.237 e. The highest BCUT2D eigenvalue weighted by Gasteiger charge is 2.15. The normalized spacial score (nSPS) is 10.5. The summed E-state index contributed by atoms with van der Waals surface area (Å²) in [6, 6.07) is 8.85. The lowest BCUT2D eigenvalue weighted by Gasteiger charge is -2.13. The SMILES string of the molecule is COc1cc(-c2ccc(SCC(=O)Nc3cc(C)no3)nn2)cc(OC)c1OC. The summed E-state index contributed by atoms with van der Waals surface area (Å²) in [6.07, 6.45) is 0. The molecule has 10 heteroatoms. The molecule has 1 aromatic carbocycles. The van der Waals surface area contributed by atoms with Gasteiger partial charge in [-0.2, -0.15) is 0 Å². The van der Waals surface area contributed by atoms with Crippen LogP contribution in [0.2, 0.25) is 0 Å². The Bertz CT molecular complexity index is 966. The quantitative estimate of drug-likeness (QED) is 0.554. The highest BCUT2D eigenvalue weighted by Crippen LogP contribution is 2.40. The molecule has 0 radical (unpaired) electrons. The summed E-state index contributed by atoms with van der Waals surface area (Å²) in [7, 11) is 4.65. The van der Waals surface area contributed by atoms with E-state index in [0.717, 1.165) is 5.56 Å². The minimum absolute atomic E-state index is 0.165. The van der Waals surface area contributed by atoms with Gasteiger partial charge in [0.25, 0.3) is 0 Å². The van der Waals surface area contributed by atoms with Gasteiger partial charge in [-0.15, -0.1) is 10.2 Å². The van der Waals surface area contributed by atoms with Gasteiger partial charge in [0, 0.05) is 11.6 Å². The highest BCUT2D eigenvalue weighted by molar-refractivity contribution is 7.99. The fraction of sp³-hybridized carbons (Fsp3) is 0.263. The lowest BCUT2D eigenvalue weighted by atomic mass is 10.1. The molecule has 0 atom stereocenters. The number of amides is 1. The van der Waals surface area contributed by atoms with E-state index >= 15 is 0 Å². The number of nitrogens with one attached hydrogen (secondary N) is 1. The summed E-state index contributed by atoms with van der Waals surface area (Å²) in [5.74, 6) is 1.83. The van der Waals surface area contributed by atoms with E-state index in [1.807, 2.05) is 6.07 Å². The van der Waals surface area contributed by atoms with Gasteiger partial charge in [-0.05, 0) is 31.2 Å². The zero-order chi connectivity index (χ0) is 20.8. The average Bonchev–Trinajstić information content (AvgIpc) is 3.15. The standard InChI is InChI=1S/C19H20N4O5S/c1-11-7-17(28-23-11)20-16(24)10-29-18-6-5-13(21-22-18)12-8-14(25-2)19(27-4)15(9-12)26-3/h5-9H,10H2,1-4H3,(H,20,24).